The van der Waals surface area contributed by atoms with Crippen molar-refractivity contribution in [3.05, 3.63) is 88.0 Å². The zero-order valence-electron chi connectivity index (χ0n) is 14.5. The predicted octanol–water partition coefficient (Wildman–Crippen LogP) is 4.65. The number of hydrogen-bond acceptors (Lipinski definition) is 4. The lowest BCUT2D eigenvalue weighted by atomic mass is 9.75. The third kappa shape index (κ3) is 2.39. The second kappa shape index (κ2) is 5.84. The van der Waals surface area contributed by atoms with Gasteiger partial charge < -0.3 is 10.4 Å². The largest absolute Gasteiger partial charge is 0.868 e. The number of hydrogen-bond donors (Lipinski definition) is 1. The van der Waals surface area contributed by atoms with Gasteiger partial charge in [0, 0.05) is 17.7 Å². The maximum absolute atomic E-state index is 11.8. The molecule has 3 aromatic rings. The van der Waals surface area contributed by atoms with Crippen LogP contribution >= 0.6 is 0 Å². The summed E-state index contributed by atoms with van der Waals surface area (Å²) in [6, 6.07) is 16.9. The Morgan fingerprint density at radius 2 is 1.93 bits per heavy atom. The van der Waals surface area contributed by atoms with Crippen molar-refractivity contribution in [3.63, 3.8) is 0 Å². The monoisotopic (exact) mass is 357 g/mol. The minimum atomic E-state index is -0.597. The zero-order chi connectivity index (χ0) is 18.5. The van der Waals surface area contributed by atoms with Crippen LogP contribution in [-0.2, 0) is 0 Å². The number of nitro benzene ring substituents is 1. The molecule has 3 aromatic carbocycles. The molecule has 1 heterocycles. The quantitative estimate of drug-likeness (QED) is 0.411. The summed E-state index contributed by atoms with van der Waals surface area (Å²) in [7, 11) is 0. The van der Waals surface area contributed by atoms with Gasteiger partial charge in [-0.3, -0.25) is 10.1 Å². The lowest BCUT2D eigenvalue weighted by Crippen LogP contribution is -2.29. The van der Waals surface area contributed by atoms with Gasteiger partial charge in [0.05, 0.1) is 11.0 Å². The molecule has 0 radical (unpaired) electrons. The molecule has 5 heteroatoms. The predicted molar refractivity (Wildman–Crippen MR) is 103 cm³/mol. The standard InChI is InChI=1S/C22H18N2O3/c25-20-11-9-14(12-19(20)24(26)27)22-17-7-3-6-16(17)21-15-5-2-1-4-13(15)8-10-18(21)23-22/h1-6,8-12,16-17,22-23,25H,7H2/p-1/t16-,17-,22+/m1/s1. The molecule has 2 aliphatic rings. The summed E-state index contributed by atoms with van der Waals surface area (Å²) in [6.07, 6.45) is 5.34. The van der Waals surface area contributed by atoms with Gasteiger partial charge in [-0.25, -0.2) is 0 Å². The average Bonchev–Trinajstić information content (AvgIpc) is 3.17. The third-order valence-corrected chi connectivity index (χ3v) is 5.79. The number of fused-ring (bicyclic) bond motifs is 5. The summed E-state index contributed by atoms with van der Waals surface area (Å²) in [5.74, 6) is -0.0317. The second-order valence-corrected chi connectivity index (χ2v) is 7.21. The van der Waals surface area contributed by atoms with E-state index in [2.05, 4.69) is 47.8 Å². The highest BCUT2D eigenvalue weighted by molar-refractivity contribution is 5.91. The van der Waals surface area contributed by atoms with Gasteiger partial charge in [-0.2, -0.15) is 0 Å². The molecule has 134 valence electrons. The molecule has 27 heavy (non-hydrogen) atoms. The van der Waals surface area contributed by atoms with Crippen LogP contribution in [0, 0.1) is 16.0 Å². The van der Waals surface area contributed by atoms with E-state index in [9.17, 15) is 15.2 Å². The number of rotatable bonds is 2. The highest BCUT2D eigenvalue weighted by Gasteiger charge is 2.39. The van der Waals surface area contributed by atoms with Crippen molar-refractivity contribution in [1.82, 2.24) is 0 Å². The molecule has 0 unspecified atom stereocenters. The molecule has 1 aliphatic heterocycles. The smallest absolute Gasteiger partial charge is 0.262 e. The van der Waals surface area contributed by atoms with E-state index < -0.39 is 10.7 Å². The molecule has 1 aliphatic carbocycles. The lowest BCUT2D eigenvalue weighted by Gasteiger charge is -2.38. The Balaban J connectivity index is 1.65. The first-order valence-electron chi connectivity index (χ1n) is 9.03. The first kappa shape index (κ1) is 15.9. The van der Waals surface area contributed by atoms with Crippen LogP contribution in [0.3, 0.4) is 0 Å². The van der Waals surface area contributed by atoms with Crippen LogP contribution in [-0.4, -0.2) is 4.92 Å². The summed E-state index contributed by atoms with van der Waals surface area (Å²) in [4.78, 5) is 10.6. The van der Waals surface area contributed by atoms with Crippen molar-refractivity contribution in [2.45, 2.75) is 18.4 Å². The fourth-order valence-electron chi connectivity index (χ4n) is 4.58. The Morgan fingerprint density at radius 1 is 1.07 bits per heavy atom. The summed E-state index contributed by atoms with van der Waals surface area (Å²) in [5, 5.41) is 29.0. The van der Waals surface area contributed by atoms with Gasteiger partial charge in [-0.1, -0.05) is 54.6 Å². The highest BCUT2D eigenvalue weighted by Crippen LogP contribution is 2.52. The zero-order valence-corrected chi connectivity index (χ0v) is 14.5. The van der Waals surface area contributed by atoms with Crippen LogP contribution in [0.25, 0.3) is 10.8 Å². The van der Waals surface area contributed by atoms with Gasteiger partial charge in [0.25, 0.3) is 5.69 Å². The van der Waals surface area contributed by atoms with E-state index >= 15 is 0 Å². The number of nitrogens with zero attached hydrogens (tertiary/aromatic N) is 1. The Morgan fingerprint density at radius 3 is 2.78 bits per heavy atom. The van der Waals surface area contributed by atoms with Crippen LogP contribution in [0.5, 0.6) is 5.75 Å². The van der Waals surface area contributed by atoms with Crippen molar-refractivity contribution >= 4 is 22.1 Å². The fraction of sp³-hybridized carbons (Fsp3) is 0.182. The highest BCUT2D eigenvalue weighted by atomic mass is 16.6. The van der Waals surface area contributed by atoms with E-state index in [-0.39, 0.29) is 23.6 Å². The number of anilines is 1. The normalized spacial score (nSPS) is 22.9. The van der Waals surface area contributed by atoms with E-state index in [4.69, 9.17) is 0 Å². The minimum Gasteiger partial charge on any atom is -0.868 e. The van der Waals surface area contributed by atoms with Crippen molar-refractivity contribution in [3.8, 4) is 5.75 Å². The lowest BCUT2D eigenvalue weighted by molar-refractivity contribution is -0.398. The third-order valence-electron chi connectivity index (χ3n) is 5.79. The molecular formula is C22H17N2O3-. The molecule has 0 saturated carbocycles. The molecule has 1 N–H and O–H groups in total. The van der Waals surface area contributed by atoms with Crippen LogP contribution in [0.15, 0.2) is 66.7 Å². The van der Waals surface area contributed by atoms with Crippen LogP contribution in [0.2, 0.25) is 0 Å². The Labute approximate surface area is 156 Å². The number of benzene rings is 3. The SMILES string of the molecule is O=[N+]([O-])c1cc([C@@H]2Nc3ccc4ccccc4c3[C@@H]3C=CC[C@H]32)ccc1[O-]. The van der Waals surface area contributed by atoms with Crippen LogP contribution < -0.4 is 10.4 Å². The van der Waals surface area contributed by atoms with Crippen LogP contribution in [0.4, 0.5) is 11.4 Å². The van der Waals surface area contributed by atoms with Gasteiger partial charge >= 0.3 is 0 Å². The van der Waals surface area contributed by atoms with Gasteiger partial charge in [-0.15, -0.1) is 0 Å². The summed E-state index contributed by atoms with van der Waals surface area (Å²) in [5.41, 5.74) is 2.78. The number of nitro groups is 1. The molecule has 3 atom stereocenters. The summed E-state index contributed by atoms with van der Waals surface area (Å²) in [6.45, 7) is 0. The summed E-state index contributed by atoms with van der Waals surface area (Å²) >= 11 is 0. The molecule has 0 saturated heterocycles. The van der Waals surface area contributed by atoms with E-state index in [0.29, 0.717) is 0 Å². The van der Waals surface area contributed by atoms with Gasteiger partial charge in [0.1, 0.15) is 0 Å². The maximum atomic E-state index is 11.8. The number of allylic oxidation sites excluding steroid dienone is 2. The minimum absolute atomic E-state index is 0.0713. The second-order valence-electron chi connectivity index (χ2n) is 7.21. The van der Waals surface area contributed by atoms with Crippen molar-refractivity contribution in [2.24, 2.45) is 5.92 Å². The van der Waals surface area contributed by atoms with E-state index in [1.807, 2.05) is 6.07 Å². The Bertz CT molecular complexity index is 1110. The van der Waals surface area contributed by atoms with Crippen LogP contribution in [0.1, 0.15) is 29.5 Å². The molecule has 0 amide bonds. The van der Waals surface area contributed by atoms with Crippen molar-refractivity contribution < 1.29 is 10.0 Å². The van der Waals surface area contributed by atoms with E-state index in [0.717, 1.165) is 17.7 Å². The average molecular weight is 357 g/mol. The Hall–Kier alpha value is -3.34. The molecule has 0 aromatic heterocycles. The molecular weight excluding hydrogens is 340 g/mol. The number of nitrogens with one attached hydrogen (secondary N) is 1. The topological polar surface area (TPSA) is 78.2 Å². The van der Waals surface area contributed by atoms with Gasteiger partial charge in [0.15, 0.2) is 0 Å². The molecule has 0 fully saturated rings. The molecule has 5 nitrogen and oxygen atoms in total. The first-order valence-corrected chi connectivity index (χ1v) is 9.03. The van der Waals surface area contributed by atoms with Crippen molar-refractivity contribution in [2.75, 3.05) is 5.32 Å². The first-order chi connectivity index (χ1) is 13.1. The molecule has 0 spiro atoms. The molecule has 5 rings (SSSR count). The van der Waals surface area contributed by atoms with E-state index in [1.54, 1.807) is 6.07 Å². The summed E-state index contributed by atoms with van der Waals surface area (Å²) < 4.78 is 0. The Kier molecular flexibility index (Phi) is 3.44. The maximum Gasteiger partial charge on any atom is 0.262 e. The molecule has 0 bridgehead atoms. The van der Waals surface area contributed by atoms with E-state index in [1.165, 1.54) is 28.5 Å². The fourth-order valence-corrected chi connectivity index (χ4v) is 4.58. The van der Waals surface area contributed by atoms with Gasteiger partial charge in [-0.05, 0) is 46.1 Å². The van der Waals surface area contributed by atoms with Crippen molar-refractivity contribution in [1.29, 1.82) is 0 Å². The van der Waals surface area contributed by atoms with Gasteiger partial charge in [0.2, 0.25) is 0 Å².